The molecule has 0 atom stereocenters. The molecule has 0 aliphatic rings. The van der Waals surface area contributed by atoms with Crippen LogP contribution in [0.2, 0.25) is 5.02 Å². The molecule has 1 heterocycles. The number of benzene rings is 2. The Labute approximate surface area is 210 Å². The van der Waals surface area contributed by atoms with Gasteiger partial charge in [0.05, 0.1) is 12.7 Å². The molecule has 0 fully saturated rings. The van der Waals surface area contributed by atoms with Crippen LogP contribution in [-0.4, -0.2) is 24.6 Å². The normalized spacial score (nSPS) is 10.9. The van der Waals surface area contributed by atoms with Gasteiger partial charge in [-0.3, -0.25) is 4.79 Å². The highest BCUT2D eigenvalue weighted by molar-refractivity contribution is 7.15. The van der Waals surface area contributed by atoms with Crippen LogP contribution in [0.25, 0.3) is 11.1 Å². The van der Waals surface area contributed by atoms with Crippen LogP contribution in [0, 0.1) is 20.8 Å². The van der Waals surface area contributed by atoms with Gasteiger partial charge in [-0.1, -0.05) is 35.4 Å². The average Bonchev–Trinajstić information content (AvgIpc) is 3.15. The first-order chi connectivity index (χ1) is 16.2. The van der Waals surface area contributed by atoms with Gasteiger partial charge in [-0.25, -0.2) is 4.79 Å². The Morgan fingerprint density at radius 2 is 1.79 bits per heavy atom. The molecular formula is C27H30ClNO4S. The molecule has 3 aromatic rings. The van der Waals surface area contributed by atoms with Crippen molar-refractivity contribution in [2.45, 2.75) is 53.6 Å². The minimum atomic E-state index is -0.442. The van der Waals surface area contributed by atoms with Crippen LogP contribution >= 0.6 is 22.9 Å². The van der Waals surface area contributed by atoms with Crippen LogP contribution in [0.3, 0.4) is 0 Å². The SMILES string of the molecule is Cc1ccc(-c2csc(NC(=O)CCCOc3ccc(Cl)cc3C)c2C(=O)OC(C)C)c(C)c1. The number of nitrogens with one attached hydrogen (secondary N) is 1. The van der Waals surface area contributed by atoms with Gasteiger partial charge in [0.2, 0.25) is 5.91 Å². The third-order valence-electron chi connectivity index (χ3n) is 5.21. The van der Waals surface area contributed by atoms with E-state index in [9.17, 15) is 9.59 Å². The van der Waals surface area contributed by atoms with E-state index in [1.54, 1.807) is 6.07 Å². The number of amides is 1. The molecule has 3 rings (SSSR count). The zero-order valence-corrected chi connectivity index (χ0v) is 21.7. The second-order valence-electron chi connectivity index (χ2n) is 8.54. The molecule has 1 aromatic heterocycles. The van der Waals surface area contributed by atoms with Crippen LogP contribution in [0.1, 0.15) is 53.7 Å². The Balaban J connectivity index is 1.71. The Morgan fingerprint density at radius 3 is 2.47 bits per heavy atom. The van der Waals surface area contributed by atoms with E-state index in [1.165, 1.54) is 11.3 Å². The summed E-state index contributed by atoms with van der Waals surface area (Å²) in [4.78, 5) is 25.6. The van der Waals surface area contributed by atoms with Gasteiger partial charge in [0.15, 0.2) is 0 Å². The number of halogens is 1. The van der Waals surface area contributed by atoms with Crippen molar-refractivity contribution < 1.29 is 19.1 Å². The first-order valence-corrected chi connectivity index (χ1v) is 12.5. The maximum absolute atomic E-state index is 13.0. The zero-order chi connectivity index (χ0) is 24.8. The molecule has 0 saturated heterocycles. The van der Waals surface area contributed by atoms with E-state index in [1.807, 2.05) is 64.3 Å². The molecule has 0 unspecified atom stereocenters. The van der Waals surface area contributed by atoms with Crippen molar-refractivity contribution in [3.8, 4) is 16.9 Å². The number of esters is 1. The van der Waals surface area contributed by atoms with Gasteiger partial charge < -0.3 is 14.8 Å². The smallest absolute Gasteiger partial charge is 0.342 e. The van der Waals surface area contributed by atoms with Crippen molar-refractivity contribution in [1.82, 2.24) is 0 Å². The molecule has 7 heteroatoms. The maximum Gasteiger partial charge on any atom is 0.342 e. The lowest BCUT2D eigenvalue weighted by molar-refractivity contribution is -0.116. The van der Waals surface area contributed by atoms with E-state index in [2.05, 4.69) is 11.4 Å². The topological polar surface area (TPSA) is 64.6 Å². The molecule has 1 amide bonds. The van der Waals surface area contributed by atoms with Crippen molar-refractivity contribution in [3.05, 3.63) is 69.1 Å². The van der Waals surface area contributed by atoms with Crippen LogP contribution in [0.5, 0.6) is 5.75 Å². The van der Waals surface area contributed by atoms with Gasteiger partial charge in [-0.05, 0) is 75.9 Å². The molecule has 0 spiro atoms. The standard InChI is InChI=1S/C27H30ClNO4S/c1-16(2)33-27(31)25-22(21-10-8-17(3)13-18(21)4)15-34-26(25)29-24(30)7-6-12-32-23-11-9-20(28)14-19(23)5/h8-11,13-16H,6-7,12H2,1-5H3,(H,29,30). The fraction of sp³-hybridized carbons (Fsp3) is 0.333. The van der Waals surface area contributed by atoms with Crippen molar-refractivity contribution in [3.63, 3.8) is 0 Å². The molecule has 0 saturated carbocycles. The molecule has 0 aliphatic carbocycles. The highest BCUT2D eigenvalue weighted by atomic mass is 35.5. The number of ether oxygens (including phenoxy) is 2. The Morgan fingerprint density at radius 1 is 1.03 bits per heavy atom. The molecule has 0 aliphatic heterocycles. The van der Waals surface area contributed by atoms with Crippen LogP contribution < -0.4 is 10.1 Å². The van der Waals surface area contributed by atoms with E-state index in [4.69, 9.17) is 21.1 Å². The van der Waals surface area contributed by atoms with Crippen molar-refractivity contribution in [2.75, 3.05) is 11.9 Å². The number of carbonyl (C=O) groups is 2. The van der Waals surface area contributed by atoms with E-state index in [-0.39, 0.29) is 18.4 Å². The lowest BCUT2D eigenvalue weighted by Gasteiger charge is -2.13. The number of thiophene rings is 1. The Kier molecular flexibility index (Phi) is 8.75. The van der Waals surface area contributed by atoms with Crippen LogP contribution in [-0.2, 0) is 9.53 Å². The Hall–Kier alpha value is -2.83. The Bertz CT molecular complexity index is 1190. The minimum Gasteiger partial charge on any atom is -0.493 e. The number of anilines is 1. The summed E-state index contributed by atoms with van der Waals surface area (Å²) in [7, 11) is 0. The van der Waals surface area contributed by atoms with E-state index in [0.717, 1.165) is 33.6 Å². The van der Waals surface area contributed by atoms with Crippen molar-refractivity contribution in [2.24, 2.45) is 0 Å². The summed E-state index contributed by atoms with van der Waals surface area (Å²) in [5.41, 5.74) is 5.26. The molecule has 1 N–H and O–H groups in total. The van der Waals surface area contributed by atoms with Gasteiger partial charge in [-0.15, -0.1) is 11.3 Å². The third-order valence-corrected chi connectivity index (χ3v) is 6.34. The number of aryl methyl sites for hydroxylation is 3. The van der Waals surface area contributed by atoms with Crippen LogP contribution in [0.15, 0.2) is 41.8 Å². The first-order valence-electron chi connectivity index (χ1n) is 11.2. The van der Waals surface area contributed by atoms with Crippen molar-refractivity contribution >= 4 is 39.8 Å². The van der Waals surface area contributed by atoms with Gasteiger partial charge in [0.25, 0.3) is 0 Å². The van der Waals surface area contributed by atoms with Gasteiger partial charge in [0.1, 0.15) is 16.3 Å². The largest absolute Gasteiger partial charge is 0.493 e. The summed E-state index contributed by atoms with van der Waals surface area (Å²) in [6, 6.07) is 11.5. The van der Waals surface area contributed by atoms with E-state index >= 15 is 0 Å². The minimum absolute atomic E-state index is 0.177. The predicted molar refractivity (Wildman–Crippen MR) is 139 cm³/mol. The molecule has 0 radical (unpaired) electrons. The first kappa shape index (κ1) is 25.8. The summed E-state index contributed by atoms with van der Waals surface area (Å²) in [6.07, 6.45) is 0.535. The fourth-order valence-corrected chi connectivity index (χ4v) is 4.81. The van der Waals surface area contributed by atoms with Crippen LogP contribution in [0.4, 0.5) is 5.00 Å². The lowest BCUT2D eigenvalue weighted by Crippen LogP contribution is -2.17. The average molecular weight is 500 g/mol. The van der Waals surface area contributed by atoms with Gasteiger partial charge in [-0.2, -0.15) is 0 Å². The molecular weight excluding hydrogens is 470 g/mol. The number of hydrogen-bond acceptors (Lipinski definition) is 5. The van der Waals surface area contributed by atoms with E-state index < -0.39 is 5.97 Å². The highest BCUT2D eigenvalue weighted by Gasteiger charge is 2.24. The lowest BCUT2D eigenvalue weighted by atomic mass is 9.97. The number of carbonyl (C=O) groups excluding carboxylic acids is 2. The van der Waals surface area contributed by atoms with E-state index in [0.29, 0.717) is 28.6 Å². The second-order valence-corrected chi connectivity index (χ2v) is 9.85. The quantitative estimate of drug-likeness (QED) is 0.247. The molecule has 34 heavy (non-hydrogen) atoms. The maximum atomic E-state index is 13.0. The van der Waals surface area contributed by atoms with Gasteiger partial charge >= 0.3 is 5.97 Å². The molecule has 180 valence electrons. The monoisotopic (exact) mass is 499 g/mol. The number of hydrogen-bond donors (Lipinski definition) is 1. The molecule has 5 nitrogen and oxygen atoms in total. The molecule has 0 bridgehead atoms. The summed E-state index contributed by atoms with van der Waals surface area (Å²) >= 11 is 7.31. The summed E-state index contributed by atoms with van der Waals surface area (Å²) in [5.74, 6) is 0.131. The predicted octanol–water partition coefficient (Wildman–Crippen LogP) is 7.36. The van der Waals surface area contributed by atoms with Gasteiger partial charge in [0, 0.05) is 22.4 Å². The fourth-order valence-electron chi connectivity index (χ4n) is 3.62. The third kappa shape index (κ3) is 6.61. The van der Waals surface area contributed by atoms with Crippen molar-refractivity contribution in [1.29, 1.82) is 0 Å². The highest BCUT2D eigenvalue weighted by Crippen LogP contribution is 2.38. The second kappa shape index (κ2) is 11.5. The summed E-state index contributed by atoms with van der Waals surface area (Å²) in [6.45, 7) is 9.98. The summed E-state index contributed by atoms with van der Waals surface area (Å²) < 4.78 is 11.3. The molecule has 2 aromatic carbocycles. The zero-order valence-electron chi connectivity index (χ0n) is 20.2. The number of rotatable bonds is 9. The summed E-state index contributed by atoms with van der Waals surface area (Å²) in [5, 5.41) is 5.97.